The van der Waals surface area contributed by atoms with Gasteiger partial charge >= 0.3 is 0 Å². The van der Waals surface area contributed by atoms with Gasteiger partial charge in [-0.1, -0.05) is 0 Å². The van der Waals surface area contributed by atoms with Gasteiger partial charge in [0.15, 0.2) is 0 Å². The van der Waals surface area contributed by atoms with Crippen LogP contribution in [0.3, 0.4) is 0 Å². The van der Waals surface area contributed by atoms with Crippen molar-refractivity contribution >= 4 is 5.91 Å². The van der Waals surface area contributed by atoms with Gasteiger partial charge < -0.3 is 14.2 Å². The number of amides is 1. The second-order valence-electron chi connectivity index (χ2n) is 7.11. The van der Waals surface area contributed by atoms with E-state index < -0.39 is 0 Å². The number of nitrogens with zero attached hydrogens (tertiary/aromatic N) is 3. The quantitative estimate of drug-likeness (QED) is 0.854. The molecule has 2 heterocycles. The molecule has 1 amide bonds. The van der Waals surface area contributed by atoms with Crippen molar-refractivity contribution in [3.05, 3.63) is 48.5 Å². The van der Waals surface area contributed by atoms with Crippen molar-refractivity contribution in [2.24, 2.45) is 0 Å². The highest BCUT2D eigenvalue weighted by molar-refractivity contribution is 5.94. The van der Waals surface area contributed by atoms with Crippen LogP contribution in [0, 0.1) is 0 Å². The molecule has 1 atom stereocenters. The first-order valence-corrected chi connectivity index (χ1v) is 9.33. The second-order valence-corrected chi connectivity index (χ2v) is 7.11. The Morgan fingerprint density at radius 2 is 1.88 bits per heavy atom. The lowest BCUT2D eigenvalue weighted by molar-refractivity contribution is 0.0679. The van der Waals surface area contributed by atoms with E-state index in [1.54, 1.807) is 6.20 Å². The average Bonchev–Trinajstić information content (AvgIpc) is 3.36. The van der Waals surface area contributed by atoms with Crippen molar-refractivity contribution in [3.8, 4) is 5.75 Å². The van der Waals surface area contributed by atoms with Gasteiger partial charge in [-0.25, -0.2) is 4.98 Å². The molecule has 1 saturated carbocycles. The molecule has 0 spiro atoms. The van der Waals surface area contributed by atoms with Gasteiger partial charge in [-0.05, 0) is 62.8 Å². The number of ether oxygens (including phenoxy) is 1. The highest BCUT2D eigenvalue weighted by Crippen LogP contribution is 2.26. The fourth-order valence-corrected chi connectivity index (χ4v) is 3.93. The minimum absolute atomic E-state index is 0.109. The molecule has 2 fully saturated rings. The summed E-state index contributed by atoms with van der Waals surface area (Å²) in [6, 6.07) is 7.98. The molecule has 2 aliphatic rings. The molecule has 5 heteroatoms. The first-order valence-electron chi connectivity index (χ1n) is 9.33. The van der Waals surface area contributed by atoms with E-state index in [1.807, 2.05) is 41.7 Å². The van der Waals surface area contributed by atoms with Gasteiger partial charge in [0.05, 0.1) is 18.5 Å². The Morgan fingerprint density at radius 3 is 2.60 bits per heavy atom. The third-order valence-corrected chi connectivity index (χ3v) is 5.34. The molecule has 0 unspecified atom stereocenters. The minimum atomic E-state index is 0.109. The van der Waals surface area contributed by atoms with E-state index in [4.69, 9.17) is 4.74 Å². The number of carbonyl (C=O) groups excluding carboxylic acids is 1. The Labute approximate surface area is 148 Å². The van der Waals surface area contributed by atoms with Crippen molar-refractivity contribution in [2.45, 2.75) is 50.7 Å². The number of imidazole rings is 1. The normalized spacial score (nSPS) is 21.4. The SMILES string of the molecule is O=C(c1ccc(OC2CCCC2)cc1)N1CCC[C@H](n2ccnc2)C1. The Hall–Kier alpha value is -2.30. The van der Waals surface area contributed by atoms with Gasteiger partial charge in [-0.15, -0.1) is 0 Å². The van der Waals surface area contributed by atoms with E-state index in [9.17, 15) is 4.79 Å². The van der Waals surface area contributed by atoms with Crippen LogP contribution in [0.1, 0.15) is 54.9 Å². The highest BCUT2D eigenvalue weighted by Gasteiger charge is 2.25. The first-order chi connectivity index (χ1) is 12.3. The van der Waals surface area contributed by atoms with Gasteiger partial charge in [0, 0.05) is 31.0 Å². The largest absolute Gasteiger partial charge is 0.490 e. The highest BCUT2D eigenvalue weighted by atomic mass is 16.5. The molecule has 132 valence electrons. The summed E-state index contributed by atoms with van der Waals surface area (Å²) in [5.41, 5.74) is 0.741. The van der Waals surface area contributed by atoms with Crippen LogP contribution >= 0.6 is 0 Å². The summed E-state index contributed by atoms with van der Waals surface area (Å²) in [6.07, 6.45) is 12.9. The standard InChI is InChI=1S/C20H25N3O2/c24-20(22-12-3-4-17(14-22)23-13-11-21-15-23)16-7-9-19(10-8-16)25-18-5-1-2-6-18/h7-11,13,15,17-18H,1-6,12,14H2/t17-/m0/s1. The predicted octanol–water partition coefficient (Wildman–Crippen LogP) is 3.68. The molecule has 1 aromatic carbocycles. The Morgan fingerprint density at radius 1 is 1.08 bits per heavy atom. The summed E-state index contributed by atoms with van der Waals surface area (Å²) in [4.78, 5) is 18.9. The topological polar surface area (TPSA) is 47.4 Å². The maximum atomic E-state index is 12.8. The zero-order valence-electron chi connectivity index (χ0n) is 14.5. The number of hydrogen-bond donors (Lipinski definition) is 0. The third-order valence-electron chi connectivity index (χ3n) is 5.34. The van der Waals surface area contributed by atoms with E-state index in [0.29, 0.717) is 12.1 Å². The fourth-order valence-electron chi connectivity index (χ4n) is 3.93. The van der Waals surface area contributed by atoms with Crippen LogP contribution in [0.15, 0.2) is 43.0 Å². The molecule has 0 bridgehead atoms. The van der Waals surface area contributed by atoms with Crippen LogP contribution < -0.4 is 4.74 Å². The van der Waals surface area contributed by atoms with Crippen LogP contribution in [0.5, 0.6) is 5.75 Å². The Bertz CT molecular complexity index is 690. The smallest absolute Gasteiger partial charge is 0.253 e. The summed E-state index contributed by atoms with van der Waals surface area (Å²) in [7, 11) is 0. The lowest BCUT2D eigenvalue weighted by Gasteiger charge is -2.33. The molecule has 25 heavy (non-hydrogen) atoms. The maximum Gasteiger partial charge on any atom is 0.253 e. The Kier molecular flexibility index (Phi) is 4.72. The molecule has 0 radical (unpaired) electrons. The average molecular weight is 339 g/mol. The molecule has 1 aliphatic carbocycles. The van der Waals surface area contributed by atoms with Crippen molar-refractivity contribution in [3.63, 3.8) is 0 Å². The van der Waals surface area contributed by atoms with E-state index in [1.165, 1.54) is 12.8 Å². The van der Waals surface area contributed by atoms with Crippen molar-refractivity contribution in [2.75, 3.05) is 13.1 Å². The number of likely N-dealkylation sites (tertiary alicyclic amines) is 1. The molecule has 0 N–H and O–H groups in total. The summed E-state index contributed by atoms with van der Waals surface area (Å²) < 4.78 is 8.10. The van der Waals surface area contributed by atoms with Gasteiger partial charge in [0.25, 0.3) is 5.91 Å². The van der Waals surface area contributed by atoms with Crippen molar-refractivity contribution < 1.29 is 9.53 Å². The van der Waals surface area contributed by atoms with Crippen LogP contribution in [0.25, 0.3) is 0 Å². The fraction of sp³-hybridized carbons (Fsp3) is 0.500. The number of rotatable bonds is 4. The van der Waals surface area contributed by atoms with Crippen LogP contribution in [0.2, 0.25) is 0 Å². The number of piperidine rings is 1. The number of carbonyl (C=O) groups is 1. The minimum Gasteiger partial charge on any atom is -0.490 e. The van der Waals surface area contributed by atoms with Gasteiger partial charge in [-0.3, -0.25) is 4.79 Å². The van der Waals surface area contributed by atoms with Gasteiger partial charge in [0.2, 0.25) is 0 Å². The van der Waals surface area contributed by atoms with Crippen molar-refractivity contribution in [1.82, 2.24) is 14.5 Å². The monoisotopic (exact) mass is 339 g/mol. The zero-order valence-corrected chi connectivity index (χ0v) is 14.5. The van der Waals surface area contributed by atoms with Crippen LogP contribution in [-0.4, -0.2) is 39.6 Å². The summed E-state index contributed by atoms with van der Waals surface area (Å²) in [5, 5.41) is 0. The molecule has 1 aliphatic heterocycles. The van der Waals surface area contributed by atoms with E-state index in [-0.39, 0.29) is 5.91 Å². The maximum absolute atomic E-state index is 12.8. The lowest BCUT2D eigenvalue weighted by atomic mass is 10.0. The molecule has 4 rings (SSSR count). The van der Waals surface area contributed by atoms with E-state index in [2.05, 4.69) is 9.55 Å². The van der Waals surface area contributed by atoms with Crippen molar-refractivity contribution in [1.29, 1.82) is 0 Å². The van der Waals surface area contributed by atoms with Crippen LogP contribution in [0.4, 0.5) is 0 Å². The predicted molar refractivity (Wildman–Crippen MR) is 95.7 cm³/mol. The van der Waals surface area contributed by atoms with Gasteiger partial charge in [-0.2, -0.15) is 0 Å². The number of aromatic nitrogens is 2. The third kappa shape index (κ3) is 3.70. The van der Waals surface area contributed by atoms with Gasteiger partial charge in [0.1, 0.15) is 5.75 Å². The summed E-state index contributed by atoms with van der Waals surface area (Å²) >= 11 is 0. The lowest BCUT2D eigenvalue weighted by Crippen LogP contribution is -2.40. The van der Waals surface area contributed by atoms with E-state index in [0.717, 1.165) is 50.1 Å². The molecular formula is C20H25N3O2. The Balaban J connectivity index is 1.39. The molecule has 5 nitrogen and oxygen atoms in total. The number of hydrogen-bond acceptors (Lipinski definition) is 3. The zero-order chi connectivity index (χ0) is 17.1. The molecule has 2 aromatic rings. The first kappa shape index (κ1) is 16.2. The number of benzene rings is 1. The molecule has 1 aromatic heterocycles. The van der Waals surface area contributed by atoms with Crippen LogP contribution in [-0.2, 0) is 0 Å². The summed E-state index contributed by atoms with van der Waals surface area (Å²) in [5.74, 6) is 0.982. The second kappa shape index (κ2) is 7.30. The molecular weight excluding hydrogens is 314 g/mol. The van der Waals surface area contributed by atoms with E-state index >= 15 is 0 Å². The molecule has 1 saturated heterocycles. The summed E-state index contributed by atoms with van der Waals surface area (Å²) in [6.45, 7) is 1.57.